The number of anilines is 1. The van der Waals surface area contributed by atoms with Crippen LogP contribution in [0.4, 0.5) is 5.69 Å². The molecule has 1 aromatic rings. The lowest BCUT2D eigenvalue weighted by Crippen LogP contribution is -2.38. The van der Waals surface area contributed by atoms with Crippen LogP contribution in [-0.4, -0.2) is 35.1 Å². The number of hydrogen-bond donors (Lipinski definition) is 2. The van der Waals surface area contributed by atoms with E-state index >= 15 is 0 Å². The Hall–Kier alpha value is -1.07. The van der Waals surface area contributed by atoms with Crippen molar-refractivity contribution in [3.63, 3.8) is 0 Å². The maximum atomic E-state index is 8.90. The van der Waals surface area contributed by atoms with Gasteiger partial charge in [0, 0.05) is 40.4 Å². The van der Waals surface area contributed by atoms with E-state index in [-0.39, 0.29) is 5.84 Å². The van der Waals surface area contributed by atoms with Gasteiger partial charge in [0.15, 0.2) is 5.84 Å². The molecule has 6 heteroatoms. The summed E-state index contributed by atoms with van der Waals surface area (Å²) in [7, 11) is 0. The molecule has 0 saturated carbocycles. The van der Waals surface area contributed by atoms with Crippen molar-refractivity contribution in [2.45, 2.75) is 18.6 Å². The highest BCUT2D eigenvalue weighted by Crippen LogP contribution is 2.29. The molecule has 3 N–H and O–H groups in total. The number of rotatable bonds is 3. The molecule has 0 bridgehead atoms. The van der Waals surface area contributed by atoms with Gasteiger partial charge in [0.25, 0.3) is 0 Å². The minimum Gasteiger partial charge on any atom is -0.409 e. The number of hydrogen-bond acceptors (Lipinski definition) is 4. The molecule has 19 heavy (non-hydrogen) atoms. The summed E-state index contributed by atoms with van der Waals surface area (Å²) in [5.74, 6) is 1.19. The number of halogens is 1. The van der Waals surface area contributed by atoms with Crippen LogP contribution in [0, 0.1) is 0 Å². The van der Waals surface area contributed by atoms with Crippen LogP contribution in [0.2, 0.25) is 5.02 Å². The van der Waals surface area contributed by atoms with Crippen molar-refractivity contribution >= 4 is 34.9 Å². The standard InChI is InChI=1S/C13H18ClN3OS/c1-2-10-8-17(5-6-19-10)12-4-3-9(14)7-11(12)13(15)16-18/h3-4,7,10,18H,2,5-6,8H2,1H3,(H2,15,16). The van der Waals surface area contributed by atoms with Crippen molar-refractivity contribution in [2.24, 2.45) is 10.9 Å². The molecular weight excluding hydrogens is 282 g/mol. The lowest BCUT2D eigenvalue weighted by Gasteiger charge is -2.34. The number of nitrogens with zero attached hydrogens (tertiary/aromatic N) is 2. The van der Waals surface area contributed by atoms with Gasteiger partial charge in [0.2, 0.25) is 0 Å². The first kappa shape index (κ1) is 14.3. The summed E-state index contributed by atoms with van der Waals surface area (Å²) in [5, 5.41) is 13.2. The maximum absolute atomic E-state index is 8.90. The molecule has 0 radical (unpaired) electrons. The summed E-state index contributed by atoms with van der Waals surface area (Å²) in [6.07, 6.45) is 1.15. The Bertz CT molecular complexity index is 481. The molecule has 0 amide bonds. The molecular formula is C13H18ClN3OS. The van der Waals surface area contributed by atoms with Gasteiger partial charge >= 0.3 is 0 Å². The van der Waals surface area contributed by atoms with Crippen LogP contribution in [0.5, 0.6) is 0 Å². The van der Waals surface area contributed by atoms with Gasteiger partial charge in [-0.3, -0.25) is 0 Å². The van der Waals surface area contributed by atoms with E-state index < -0.39 is 0 Å². The Morgan fingerprint density at radius 1 is 1.63 bits per heavy atom. The summed E-state index contributed by atoms with van der Waals surface area (Å²) >= 11 is 8.00. The Balaban J connectivity index is 2.33. The van der Waals surface area contributed by atoms with Crippen LogP contribution < -0.4 is 10.6 Å². The van der Waals surface area contributed by atoms with Gasteiger partial charge in [0.1, 0.15) is 0 Å². The summed E-state index contributed by atoms with van der Waals surface area (Å²) in [4.78, 5) is 2.29. The average molecular weight is 300 g/mol. The zero-order valence-electron chi connectivity index (χ0n) is 10.8. The van der Waals surface area contributed by atoms with Crippen molar-refractivity contribution in [1.82, 2.24) is 0 Å². The fourth-order valence-electron chi connectivity index (χ4n) is 2.23. The number of oxime groups is 1. The molecule has 0 aromatic heterocycles. The largest absolute Gasteiger partial charge is 0.409 e. The molecule has 1 atom stereocenters. The molecule has 0 spiro atoms. The lowest BCUT2D eigenvalue weighted by molar-refractivity contribution is 0.318. The van der Waals surface area contributed by atoms with Crippen molar-refractivity contribution in [2.75, 3.05) is 23.7 Å². The van der Waals surface area contributed by atoms with Gasteiger partial charge in [-0.1, -0.05) is 23.7 Å². The fraction of sp³-hybridized carbons (Fsp3) is 0.462. The third kappa shape index (κ3) is 3.28. The molecule has 1 aliphatic rings. The van der Waals surface area contributed by atoms with Crippen LogP contribution in [0.25, 0.3) is 0 Å². The van der Waals surface area contributed by atoms with Gasteiger partial charge in [-0.2, -0.15) is 11.8 Å². The molecule has 1 heterocycles. The average Bonchev–Trinajstić information content (AvgIpc) is 2.46. The van der Waals surface area contributed by atoms with Crippen LogP contribution in [0.3, 0.4) is 0 Å². The van der Waals surface area contributed by atoms with Crippen molar-refractivity contribution in [3.05, 3.63) is 28.8 Å². The summed E-state index contributed by atoms with van der Waals surface area (Å²) in [5.41, 5.74) is 7.42. The minimum atomic E-state index is 0.101. The van der Waals surface area contributed by atoms with Gasteiger partial charge in [-0.15, -0.1) is 0 Å². The predicted octanol–water partition coefficient (Wildman–Crippen LogP) is 2.77. The molecule has 104 valence electrons. The van der Waals surface area contributed by atoms with E-state index in [1.54, 1.807) is 6.07 Å². The Morgan fingerprint density at radius 3 is 3.11 bits per heavy atom. The number of thioether (sulfide) groups is 1. The highest BCUT2D eigenvalue weighted by Gasteiger charge is 2.22. The predicted molar refractivity (Wildman–Crippen MR) is 82.7 cm³/mol. The Morgan fingerprint density at radius 2 is 2.42 bits per heavy atom. The minimum absolute atomic E-state index is 0.101. The SMILES string of the molecule is CCC1CN(c2ccc(Cl)cc2/C(N)=N/O)CCS1. The van der Waals surface area contributed by atoms with E-state index in [0.29, 0.717) is 15.8 Å². The lowest BCUT2D eigenvalue weighted by atomic mass is 10.1. The monoisotopic (exact) mass is 299 g/mol. The van der Waals surface area contributed by atoms with Gasteiger partial charge in [-0.25, -0.2) is 0 Å². The first-order chi connectivity index (χ1) is 9.15. The first-order valence-electron chi connectivity index (χ1n) is 6.29. The number of nitrogens with two attached hydrogens (primary N) is 1. The van der Waals surface area contributed by atoms with Crippen LogP contribution in [-0.2, 0) is 0 Å². The van der Waals surface area contributed by atoms with E-state index in [1.807, 2.05) is 23.9 Å². The second-order valence-corrected chi connectivity index (χ2v) is 6.34. The van der Waals surface area contributed by atoms with E-state index in [9.17, 15) is 0 Å². The smallest absolute Gasteiger partial charge is 0.172 e. The quantitative estimate of drug-likeness (QED) is 0.390. The fourth-order valence-corrected chi connectivity index (χ4v) is 3.58. The topological polar surface area (TPSA) is 61.8 Å². The van der Waals surface area contributed by atoms with Crippen LogP contribution in [0.1, 0.15) is 18.9 Å². The van der Waals surface area contributed by atoms with E-state index in [0.717, 1.165) is 31.0 Å². The van der Waals surface area contributed by atoms with Crippen molar-refractivity contribution in [1.29, 1.82) is 0 Å². The second kappa shape index (κ2) is 6.39. The number of amidine groups is 1. The normalized spacial score (nSPS) is 20.6. The molecule has 1 unspecified atom stereocenters. The Labute approximate surface area is 122 Å². The molecule has 4 nitrogen and oxygen atoms in total. The van der Waals surface area contributed by atoms with E-state index in [2.05, 4.69) is 17.0 Å². The molecule has 1 aliphatic heterocycles. The molecule has 1 saturated heterocycles. The zero-order valence-corrected chi connectivity index (χ0v) is 12.4. The van der Waals surface area contributed by atoms with Gasteiger partial charge in [0.05, 0.1) is 0 Å². The van der Waals surface area contributed by atoms with Crippen LogP contribution in [0.15, 0.2) is 23.4 Å². The highest BCUT2D eigenvalue weighted by atomic mass is 35.5. The van der Waals surface area contributed by atoms with Crippen LogP contribution >= 0.6 is 23.4 Å². The molecule has 1 fully saturated rings. The van der Waals surface area contributed by atoms with Gasteiger partial charge < -0.3 is 15.8 Å². The molecule has 0 aliphatic carbocycles. The third-order valence-electron chi connectivity index (χ3n) is 3.28. The number of benzene rings is 1. The van der Waals surface area contributed by atoms with Crippen molar-refractivity contribution in [3.8, 4) is 0 Å². The Kier molecular flexibility index (Phi) is 4.82. The maximum Gasteiger partial charge on any atom is 0.172 e. The van der Waals surface area contributed by atoms with E-state index in [1.165, 1.54) is 0 Å². The summed E-state index contributed by atoms with van der Waals surface area (Å²) in [6.45, 7) is 4.15. The molecule has 1 aromatic carbocycles. The highest BCUT2D eigenvalue weighted by molar-refractivity contribution is 8.00. The molecule has 2 rings (SSSR count). The summed E-state index contributed by atoms with van der Waals surface area (Å²) in [6, 6.07) is 5.53. The third-order valence-corrected chi connectivity index (χ3v) is 4.88. The first-order valence-corrected chi connectivity index (χ1v) is 7.72. The summed E-state index contributed by atoms with van der Waals surface area (Å²) < 4.78 is 0. The second-order valence-electron chi connectivity index (χ2n) is 4.49. The van der Waals surface area contributed by atoms with Gasteiger partial charge in [-0.05, 0) is 24.6 Å². The zero-order chi connectivity index (χ0) is 13.8. The van der Waals surface area contributed by atoms with Crippen molar-refractivity contribution < 1.29 is 5.21 Å². The van der Waals surface area contributed by atoms with E-state index in [4.69, 9.17) is 22.5 Å².